The zero-order chi connectivity index (χ0) is 19.4. The molecule has 0 aliphatic heterocycles. The van der Waals surface area contributed by atoms with E-state index in [0.29, 0.717) is 6.54 Å². The predicted molar refractivity (Wildman–Crippen MR) is 105 cm³/mol. The van der Waals surface area contributed by atoms with Crippen molar-refractivity contribution in [2.75, 3.05) is 11.4 Å². The van der Waals surface area contributed by atoms with Crippen molar-refractivity contribution in [2.45, 2.75) is 13.1 Å². The molecule has 0 aliphatic carbocycles. The number of aromatic nitrogens is 2. The van der Waals surface area contributed by atoms with Crippen LogP contribution in [0.2, 0.25) is 0 Å². The zero-order valence-electron chi connectivity index (χ0n) is 14.2. The molecule has 0 unspecified atom stereocenters. The molecule has 3 aromatic rings. The Labute approximate surface area is 168 Å². The maximum Gasteiger partial charge on any atom is 0.423 e. The molecule has 4 nitrogen and oxygen atoms in total. The van der Waals surface area contributed by atoms with Crippen molar-refractivity contribution >= 4 is 34.2 Å². The fourth-order valence-corrected chi connectivity index (χ4v) is 3.13. The van der Waals surface area contributed by atoms with Gasteiger partial charge in [0.1, 0.15) is 11.3 Å². The van der Waals surface area contributed by atoms with E-state index in [9.17, 15) is 13.2 Å². The summed E-state index contributed by atoms with van der Waals surface area (Å²) in [6.07, 6.45) is -3.86. The second kappa shape index (κ2) is 8.12. The quantitative estimate of drug-likeness (QED) is 0.413. The fraction of sp³-hybridized carbons (Fsp3) is 0.158. The van der Waals surface area contributed by atoms with Crippen molar-refractivity contribution in [3.8, 4) is 11.6 Å². The van der Waals surface area contributed by atoms with Crippen molar-refractivity contribution in [3.05, 3.63) is 69.9 Å². The van der Waals surface area contributed by atoms with Crippen molar-refractivity contribution < 1.29 is 17.9 Å². The van der Waals surface area contributed by atoms with Crippen LogP contribution in [0.4, 0.5) is 24.8 Å². The molecular formula is C19H15F3IN3O. The van der Waals surface area contributed by atoms with Gasteiger partial charge in [0.25, 0.3) is 0 Å². The van der Waals surface area contributed by atoms with Crippen LogP contribution < -0.4 is 9.64 Å². The van der Waals surface area contributed by atoms with Crippen LogP contribution in [0.1, 0.15) is 12.5 Å². The van der Waals surface area contributed by atoms with Gasteiger partial charge < -0.3 is 9.64 Å². The molecule has 8 heteroatoms. The molecule has 0 spiro atoms. The number of anilines is 2. The van der Waals surface area contributed by atoms with Crippen molar-refractivity contribution in [1.82, 2.24) is 9.97 Å². The average molecular weight is 485 g/mol. The summed E-state index contributed by atoms with van der Waals surface area (Å²) >= 11 is 2.16. The second-order valence-corrected chi connectivity index (χ2v) is 6.66. The van der Waals surface area contributed by atoms with Gasteiger partial charge in [0, 0.05) is 16.3 Å². The minimum absolute atomic E-state index is 0.139. The predicted octanol–water partition coefficient (Wildman–Crippen LogP) is 6.05. The number of rotatable bonds is 5. The number of benzene rings is 2. The first kappa shape index (κ1) is 19.4. The first-order valence-corrected chi connectivity index (χ1v) is 9.17. The fourth-order valence-electron chi connectivity index (χ4n) is 2.45. The lowest BCUT2D eigenvalue weighted by Crippen LogP contribution is -2.21. The van der Waals surface area contributed by atoms with Gasteiger partial charge in [-0.25, -0.2) is 4.98 Å². The molecule has 0 N–H and O–H groups in total. The maximum absolute atomic E-state index is 13.4. The summed E-state index contributed by atoms with van der Waals surface area (Å²) in [4.78, 5) is 9.78. The first-order chi connectivity index (χ1) is 12.9. The van der Waals surface area contributed by atoms with Crippen molar-refractivity contribution in [1.29, 1.82) is 0 Å². The average Bonchev–Trinajstić information content (AvgIpc) is 2.64. The minimum atomic E-state index is -4.62. The van der Waals surface area contributed by atoms with E-state index in [1.807, 2.05) is 31.2 Å². The highest BCUT2D eigenvalue weighted by Gasteiger charge is 2.37. The lowest BCUT2D eigenvalue weighted by molar-refractivity contribution is -0.139. The van der Waals surface area contributed by atoms with E-state index >= 15 is 0 Å². The molecule has 0 radical (unpaired) electrons. The Kier molecular flexibility index (Phi) is 5.83. The highest BCUT2D eigenvalue weighted by Crippen LogP contribution is 2.38. The SMILES string of the molecule is CCN(c1ncc(C(F)(F)F)c(Oc2ccccc2)n1)c1ccccc1I. The Balaban J connectivity index is 2.07. The van der Waals surface area contributed by atoms with Crippen LogP contribution in [0.5, 0.6) is 11.6 Å². The van der Waals surface area contributed by atoms with E-state index in [-0.39, 0.29) is 11.7 Å². The third-order valence-corrected chi connectivity index (χ3v) is 4.62. The van der Waals surface area contributed by atoms with E-state index in [4.69, 9.17) is 4.74 Å². The molecule has 1 aromatic heterocycles. The van der Waals surface area contributed by atoms with Gasteiger partial charge in [-0.3, -0.25) is 0 Å². The largest absolute Gasteiger partial charge is 0.438 e. The highest BCUT2D eigenvalue weighted by atomic mass is 127. The Morgan fingerprint density at radius 1 is 1.04 bits per heavy atom. The number of halogens is 4. The molecule has 0 atom stereocenters. The molecule has 2 aromatic carbocycles. The first-order valence-electron chi connectivity index (χ1n) is 8.09. The third-order valence-electron chi connectivity index (χ3n) is 3.71. The molecule has 27 heavy (non-hydrogen) atoms. The standard InChI is InChI=1S/C19H15F3IN3O/c1-2-26(16-11-7-6-10-15(16)23)18-24-12-14(19(20,21)22)17(25-18)27-13-8-4-3-5-9-13/h3-12H,2H2,1H3. The van der Waals surface area contributed by atoms with E-state index in [0.717, 1.165) is 15.5 Å². The molecule has 0 bridgehead atoms. The number of ether oxygens (including phenoxy) is 1. The number of alkyl halides is 3. The Morgan fingerprint density at radius 2 is 1.70 bits per heavy atom. The van der Waals surface area contributed by atoms with Crippen LogP contribution in [0.15, 0.2) is 60.8 Å². The molecule has 0 amide bonds. The topological polar surface area (TPSA) is 38.2 Å². The number of hydrogen-bond acceptors (Lipinski definition) is 4. The van der Waals surface area contributed by atoms with Crippen molar-refractivity contribution in [3.63, 3.8) is 0 Å². The lowest BCUT2D eigenvalue weighted by atomic mass is 10.3. The van der Waals surface area contributed by atoms with Gasteiger partial charge in [0.15, 0.2) is 0 Å². The van der Waals surface area contributed by atoms with Crippen LogP contribution >= 0.6 is 22.6 Å². The summed E-state index contributed by atoms with van der Waals surface area (Å²) in [5.74, 6) is -0.117. The summed E-state index contributed by atoms with van der Waals surface area (Å²) in [5.41, 5.74) is -0.208. The third kappa shape index (κ3) is 4.49. The van der Waals surface area contributed by atoms with Crippen LogP contribution in [-0.4, -0.2) is 16.5 Å². The summed E-state index contributed by atoms with van der Waals surface area (Å²) < 4.78 is 46.5. The lowest BCUT2D eigenvalue weighted by Gasteiger charge is -2.23. The van der Waals surface area contributed by atoms with Crippen molar-refractivity contribution in [2.24, 2.45) is 0 Å². The summed E-state index contributed by atoms with van der Waals surface area (Å²) in [7, 11) is 0. The zero-order valence-corrected chi connectivity index (χ0v) is 16.4. The summed E-state index contributed by atoms with van der Waals surface area (Å²) in [6.45, 7) is 2.36. The van der Waals surface area contributed by atoms with Gasteiger partial charge in [-0.1, -0.05) is 30.3 Å². The number of para-hydroxylation sites is 2. The summed E-state index contributed by atoms with van der Waals surface area (Å²) in [6, 6.07) is 15.7. The molecule has 3 rings (SSSR count). The Morgan fingerprint density at radius 3 is 2.33 bits per heavy atom. The number of nitrogens with zero attached hydrogens (tertiary/aromatic N) is 3. The molecule has 0 saturated carbocycles. The van der Waals surface area contributed by atoms with E-state index in [2.05, 4.69) is 32.6 Å². The number of hydrogen-bond donors (Lipinski definition) is 0. The molecule has 1 heterocycles. The maximum atomic E-state index is 13.4. The second-order valence-electron chi connectivity index (χ2n) is 5.50. The van der Waals surface area contributed by atoms with Crippen LogP contribution in [0.25, 0.3) is 0 Å². The van der Waals surface area contributed by atoms with Crippen LogP contribution in [0, 0.1) is 3.57 Å². The Hall–Kier alpha value is -2.36. The minimum Gasteiger partial charge on any atom is -0.438 e. The normalized spacial score (nSPS) is 11.3. The van der Waals surface area contributed by atoms with Gasteiger partial charge >= 0.3 is 6.18 Å². The van der Waals surface area contributed by atoms with Crippen LogP contribution in [-0.2, 0) is 6.18 Å². The molecule has 0 aliphatic rings. The van der Waals surface area contributed by atoms with Gasteiger partial charge in [-0.2, -0.15) is 18.2 Å². The monoisotopic (exact) mass is 485 g/mol. The highest BCUT2D eigenvalue weighted by molar-refractivity contribution is 14.1. The molecular weight excluding hydrogens is 470 g/mol. The van der Waals surface area contributed by atoms with Gasteiger partial charge in [0.2, 0.25) is 11.8 Å². The van der Waals surface area contributed by atoms with Gasteiger partial charge in [-0.15, -0.1) is 0 Å². The molecule has 140 valence electrons. The van der Waals surface area contributed by atoms with Gasteiger partial charge in [-0.05, 0) is 53.8 Å². The van der Waals surface area contributed by atoms with Crippen LogP contribution in [0.3, 0.4) is 0 Å². The van der Waals surface area contributed by atoms with E-state index < -0.39 is 17.6 Å². The molecule has 0 fully saturated rings. The van der Waals surface area contributed by atoms with Gasteiger partial charge in [0.05, 0.1) is 5.69 Å². The molecule has 0 saturated heterocycles. The smallest absolute Gasteiger partial charge is 0.423 e. The van der Waals surface area contributed by atoms with E-state index in [1.54, 1.807) is 35.2 Å². The Bertz CT molecular complexity index is 920. The summed E-state index contributed by atoms with van der Waals surface area (Å²) in [5, 5.41) is 0. The van der Waals surface area contributed by atoms with E-state index in [1.165, 1.54) is 0 Å².